The summed E-state index contributed by atoms with van der Waals surface area (Å²) in [6.07, 6.45) is 0.927. The third kappa shape index (κ3) is 4.58. The van der Waals surface area contributed by atoms with Crippen LogP contribution in [0.25, 0.3) is 11.3 Å². The molecule has 0 aliphatic heterocycles. The van der Waals surface area contributed by atoms with Gasteiger partial charge in [-0.15, -0.1) is 0 Å². The molecule has 1 N–H and O–H groups in total. The Morgan fingerprint density at radius 3 is 2.55 bits per heavy atom. The van der Waals surface area contributed by atoms with E-state index < -0.39 is 11.7 Å². The number of nitrogens with zero attached hydrogens (tertiary/aromatic N) is 2. The average Bonchev–Trinajstić information content (AvgIpc) is 2.40. The van der Waals surface area contributed by atoms with Gasteiger partial charge in [0, 0.05) is 11.8 Å². The van der Waals surface area contributed by atoms with Crippen LogP contribution in [-0.2, 0) is 4.74 Å². The van der Waals surface area contributed by atoms with Crippen molar-refractivity contribution >= 4 is 35.2 Å². The highest BCUT2D eigenvalue weighted by Gasteiger charge is 2.17. The number of ether oxygens (including phenoxy) is 1. The first-order valence-corrected chi connectivity index (χ1v) is 7.29. The number of hydrogen-bond acceptors (Lipinski definition) is 4. The van der Waals surface area contributed by atoms with Gasteiger partial charge in [-0.2, -0.15) is 0 Å². The monoisotopic (exact) mass is 339 g/mol. The van der Waals surface area contributed by atoms with Crippen molar-refractivity contribution in [2.45, 2.75) is 26.4 Å². The highest BCUT2D eigenvalue weighted by atomic mass is 35.5. The van der Waals surface area contributed by atoms with Crippen LogP contribution in [0.1, 0.15) is 20.8 Å². The summed E-state index contributed by atoms with van der Waals surface area (Å²) in [6.45, 7) is 5.33. The van der Waals surface area contributed by atoms with Gasteiger partial charge >= 0.3 is 6.09 Å². The van der Waals surface area contributed by atoms with Crippen molar-refractivity contribution in [3.63, 3.8) is 0 Å². The fraction of sp³-hybridized carbons (Fsp3) is 0.267. The summed E-state index contributed by atoms with van der Waals surface area (Å²) in [5.74, 6) is 0.151. The van der Waals surface area contributed by atoms with Crippen LogP contribution in [0, 0.1) is 0 Å². The van der Waals surface area contributed by atoms with Crippen molar-refractivity contribution in [1.29, 1.82) is 0 Å². The standard InChI is InChI=1S/C15H15Cl2N3O2/c1-15(2,3)22-14(21)20-13-18-7-6-12(19-13)9-4-5-10(16)11(17)8-9/h4-8H,1-3H3,(H,18,19,20,21). The Hall–Kier alpha value is -1.85. The van der Waals surface area contributed by atoms with Crippen molar-refractivity contribution < 1.29 is 9.53 Å². The zero-order chi connectivity index (χ0) is 16.3. The summed E-state index contributed by atoms with van der Waals surface area (Å²) in [4.78, 5) is 20.0. The molecular weight excluding hydrogens is 325 g/mol. The van der Waals surface area contributed by atoms with E-state index in [4.69, 9.17) is 27.9 Å². The van der Waals surface area contributed by atoms with Crippen LogP contribution in [0.3, 0.4) is 0 Å². The second-order valence-corrected chi connectivity index (χ2v) is 6.34. The minimum Gasteiger partial charge on any atom is -0.444 e. The molecule has 0 fully saturated rings. The van der Waals surface area contributed by atoms with Gasteiger partial charge in [0.15, 0.2) is 0 Å². The van der Waals surface area contributed by atoms with Crippen LogP contribution in [0.2, 0.25) is 10.0 Å². The second kappa shape index (κ2) is 6.50. The largest absolute Gasteiger partial charge is 0.444 e. The van der Waals surface area contributed by atoms with E-state index >= 15 is 0 Å². The molecule has 22 heavy (non-hydrogen) atoms. The Morgan fingerprint density at radius 2 is 1.91 bits per heavy atom. The summed E-state index contributed by atoms with van der Waals surface area (Å²) in [7, 11) is 0. The van der Waals surface area contributed by atoms with Crippen LogP contribution >= 0.6 is 23.2 Å². The molecule has 5 nitrogen and oxygen atoms in total. The predicted molar refractivity (Wildman–Crippen MR) is 87.3 cm³/mol. The lowest BCUT2D eigenvalue weighted by Crippen LogP contribution is -2.27. The van der Waals surface area contributed by atoms with Gasteiger partial charge in [0.05, 0.1) is 15.7 Å². The first kappa shape index (κ1) is 16.5. The minimum atomic E-state index is -0.612. The number of carbonyl (C=O) groups excluding carboxylic acids is 1. The van der Waals surface area contributed by atoms with Crippen LogP contribution < -0.4 is 5.32 Å². The Kier molecular flexibility index (Phi) is 4.88. The molecule has 0 radical (unpaired) electrons. The SMILES string of the molecule is CC(C)(C)OC(=O)Nc1nccc(-c2ccc(Cl)c(Cl)c2)n1. The third-order valence-corrected chi connectivity index (χ3v) is 3.22. The number of aromatic nitrogens is 2. The van der Waals surface area contributed by atoms with Crippen LogP contribution in [0.15, 0.2) is 30.5 Å². The van der Waals surface area contributed by atoms with E-state index in [9.17, 15) is 4.79 Å². The van der Waals surface area contributed by atoms with Gasteiger partial charge in [-0.05, 0) is 39.0 Å². The smallest absolute Gasteiger partial charge is 0.414 e. The topological polar surface area (TPSA) is 64.1 Å². The summed E-state index contributed by atoms with van der Waals surface area (Å²) in [6, 6.07) is 6.87. The van der Waals surface area contributed by atoms with Crippen molar-refractivity contribution in [3.05, 3.63) is 40.5 Å². The number of hydrogen-bond donors (Lipinski definition) is 1. The number of halogens is 2. The molecule has 1 aromatic carbocycles. The van der Waals surface area contributed by atoms with Crippen LogP contribution in [0.5, 0.6) is 0 Å². The van der Waals surface area contributed by atoms with Gasteiger partial charge in [-0.1, -0.05) is 29.3 Å². The van der Waals surface area contributed by atoms with E-state index in [2.05, 4.69) is 15.3 Å². The normalized spacial score (nSPS) is 11.1. The molecule has 0 atom stereocenters. The van der Waals surface area contributed by atoms with Crippen molar-refractivity contribution in [2.75, 3.05) is 5.32 Å². The molecular formula is C15H15Cl2N3O2. The molecule has 2 rings (SSSR count). The molecule has 0 unspecified atom stereocenters. The highest BCUT2D eigenvalue weighted by Crippen LogP contribution is 2.27. The van der Waals surface area contributed by atoms with Crippen LogP contribution in [0.4, 0.5) is 10.7 Å². The molecule has 0 aliphatic rings. The van der Waals surface area contributed by atoms with Gasteiger partial charge in [0.2, 0.25) is 5.95 Å². The van der Waals surface area contributed by atoms with E-state index in [1.54, 1.807) is 45.0 Å². The lowest BCUT2D eigenvalue weighted by molar-refractivity contribution is 0.0634. The average molecular weight is 340 g/mol. The van der Waals surface area contributed by atoms with Gasteiger partial charge in [-0.25, -0.2) is 14.8 Å². The Labute approximate surface area is 138 Å². The molecule has 2 aromatic rings. The number of amides is 1. The van der Waals surface area contributed by atoms with E-state index in [0.717, 1.165) is 5.56 Å². The van der Waals surface area contributed by atoms with Crippen LogP contribution in [-0.4, -0.2) is 21.7 Å². The molecule has 0 saturated carbocycles. The fourth-order valence-corrected chi connectivity index (χ4v) is 1.93. The highest BCUT2D eigenvalue weighted by molar-refractivity contribution is 6.42. The Bertz CT molecular complexity index is 699. The predicted octanol–water partition coefficient (Wildman–Crippen LogP) is 4.80. The first-order valence-electron chi connectivity index (χ1n) is 6.53. The third-order valence-electron chi connectivity index (χ3n) is 2.48. The van der Waals surface area contributed by atoms with E-state index in [1.807, 2.05) is 0 Å². The van der Waals surface area contributed by atoms with E-state index in [-0.39, 0.29) is 5.95 Å². The quantitative estimate of drug-likeness (QED) is 0.853. The maximum Gasteiger partial charge on any atom is 0.414 e. The maximum absolute atomic E-state index is 11.7. The summed E-state index contributed by atoms with van der Waals surface area (Å²) in [5, 5.41) is 3.39. The van der Waals surface area contributed by atoms with Gasteiger partial charge in [0.25, 0.3) is 0 Å². The summed E-state index contributed by atoms with van der Waals surface area (Å²) in [5.41, 5.74) is 0.787. The summed E-state index contributed by atoms with van der Waals surface area (Å²) < 4.78 is 5.15. The Morgan fingerprint density at radius 1 is 1.18 bits per heavy atom. The van der Waals surface area contributed by atoms with E-state index in [0.29, 0.717) is 15.7 Å². The van der Waals surface area contributed by atoms with Crippen molar-refractivity contribution in [2.24, 2.45) is 0 Å². The zero-order valence-corrected chi connectivity index (χ0v) is 13.9. The molecule has 0 aliphatic carbocycles. The van der Waals surface area contributed by atoms with E-state index in [1.165, 1.54) is 6.20 Å². The van der Waals surface area contributed by atoms with Crippen molar-refractivity contribution in [1.82, 2.24) is 9.97 Å². The molecule has 116 valence electrons. The summed E-state index contributed by atoms with van der Waals surface area (Å²) >= 11 is 11.9. The molecule has 1 heterocycles. The number of rotatable bonds is 2. The zero-order valence-electron chi connectivity index (χ0n) is 12.4. The molecule has 0 bridgehead atoms. The molecule has 0 spiro atoms. The maximum atomic E-state index is 11.7. The fourth-order valence-electron chi connectivity index (χ4n) is 1.63. The van der Waals surface area contributed by atoms with Gasteiger partial charge < -0.3 is 4.74 Å². The van der Waals surface area contributed by atoms with Gasteiger partial charge in [0.1, 0.15) is 5.60 Å². The lowest BCUT2D eigenvalue weighted by atomic mass is 10.1. The van der Waals surface area contributed by atoms with Crippen molar-refractivity contribution in [3.8, 4) is 11.3 Å². The number of nitrogens with one attached hydrogen (secondary N) is 1. The lowest BCUT2D eigenvalue weighted by Gasteiger charge is -2.19. The molecule has 0 saturated heterocycles. The second-order valence-electron chi connectivity index (χ2n) is 5.52. The molecule has 1 amide bonds. The molecule has 7 heteroatoms. The molecule has 1 aromatic heterocycles. The number of benzene rings is 1. The Balaban J connectivity index is 2.19. The van der Waals surface area contributed by atoms with Gasteiger partial charge in [-0.3, -0.25) is 5.32 Å². The number of anilines is 1. The minimum absolute atomic E-state index is 0.151. The first-order chi connectivity index (χ1) is 10.2. The number of carbonyl (C=O) groups is 1.